The minimum absolute atomic E-state index is 0.163. The van der Waals surface area contributed by atoms with Gasteiger partial charge in [-0.1, -0.05) is 0 Å². The van der Waals surface area contributed by atoms with Crippen molar-refractivity contribution in [1.82, 2.24) is 9.78 Å². The van der Waals surface area contributed by atoms with Crippen molar-refractivity contribution >= 4 is 22.8 Å². The van der Waals surface area contributed by atoms with Gasteiger partial charge in [0.15, 0.2) is 0 Å². The van der Waals surface area contributed by atoms with Crippen molar-refractivity contribution in [2.24, 2.45) is 0 Å². The summed E-state index contributed by atoms with van der Waals surface area (Å²) < 4.78 is 6.19. The van der Waals surface area contributed by atoms with E-state index in [0.29, 0.717) is 17.7 Å². The first kappa shape index (κ1) is 11.3. The van der Waals surface area contributed by atoms with E-state index in [1.807, 2.05) is 0 Å². The topological polar surface area (TPSA) is 61.2 Å². The van der Waals surface area contributed by atoms with Crippen molar-refractivity contribution in [3.05, 3.63) is 30.0 Å². The van der Waals surface area contributed by atoms with Crippen LogP contribution in [0.3, 0.4) is 0 Å². The second kappa shape index (κ2) is 4.37. The average Bonchev–Trinajstić information content (AvgIpc) is 2.71. The van der Waals surface area contributed by atoms with Crippen molar-refractivity contribution in [3.63, 3.8) is 0 Å². The molecule has 5 heteroatoms. The van der Waals surface area contributed by atoms with Crippen LogP contribution < -0.4 is 0 Å². The fraction of sp³-hybridized carbons (Fsp3) is 0.250. The molecule has 0 N–H and O–H groups in total. The zero-order valence-electron chi connectivity index (χ0n) is 9.64. The molecule has 0 saturated heterocycles. The first-order valence-electron chi connectivity index (χ1n) is 5.29. The Balaban J connectivity index is 2.46. The summed E-state index contributed by atoms with van der Waals surface area (Å²) in [6.45, 7) is 3.53. The van der Waals surface area contributed by atoms with Gasteiger partial charge in [0.2, 0.25) is 5.91 Å². The lowest BCUT2D eigenvalue weighted by Crippen LogP contribution is -2.07. The summed E-state index contributed by atoms with van der Waals surface area (Å²) in [6, 6.07) is 4.98. The minimum Gasteiger partial charge on any atom is -0.462 e. The number of esters is 1. The zero-order valence-corrected chi connectivity index (χ0v) is 9.64. The molecule has 0 spiro atoms. The maximum absolute atomic E-state index is 11.5. The van der Waals surface area contributed by atoms with E-state index < -0.39 is 0 Å². The third-order valence-electron chi connectivity index (χ3n) is 2.38. The highest BCUT2D eigenvalue weighted by Crippen LogP contribution is 2.16. The molecule has 88 valence electrons. The summed E-state index contributed by atoms with van der Waals surface area (Å²) in [6.07, 6.45) is 1.56. The van der Waals surface area contributed by atoms with Crippen LogP contribution in [0.2, 0.25) is 0 Å². The van der Waals surface area contributed by atoms with Crippen LogP contribution in [0, 0.1) is 0 Å². The second-order valence-corrected chi connectivity index (χ2v) is 3.57. The highest BCUT2D eigenvalue weighted by Gasteiger charge is 2.10. The van der Waals surface area contributed by atoms with E-state index in [0.717, 1.165) is 5.39 Å². The molecule has 17 heavy (non-hydrogen) atoms. The molecule has 2 aromatic rings. The molecule has 0 amide bonds. The number of carbonyl (C=O) groups excluding carboxylic acids is 2. The average molecular weight is 232 g/mol. The summed E-state index contributed by atoms with van der Waals surface area (Å²) in [5, 5.41) is 4.70. The van der Waals surface area contributed by atoms with Crippen LogP contribution in [0.25, 0.3) is 10.9 Å². The van der Waals surface area contributed by atoms with E-state index in [1.165, 1.54) is 11.6 Å². The third kappa shape index (κ3) is 2.04. The molecule has 0 fully saturated rings. The van der Waals surface area contributed by atoms with E-state index in [2.05, 4.69) is 5.10 Å². The van der Waals surface area contributed by atoms with E-state index >= 15 is 0 Å². The lowest BCUT2D eigenvalue weighted by Gasteiger charge is -2.02. The monoisotopic (exact) mass is 232 g/mol. The van der Waals surface area contributed by atoms with E-state index in [4.69, 9.17) is 4.74 Å². The highest BCUT2D eigenvalue weighted by molar-refractivity contribution is 5.96. The molecule has 0 aliphatic carbocycles. The smallest absolute Gasteiger partial charge is 0.338 e. The summed E-state index contributed by atoms with van der Waals surface area (Å²) >= 11 is 0. The Hall–Kier alpha value is -2.17. The van der Waals surface area contributed by atoms with Gasteiger partial charge >= 0.3 is 5.97 Å². The Morgan fingerprint density at radius 2 is 2.18 bits per heavy atom. The van der Waals surface area contributed by atoms with Crippen molar-refractivity contribution in [2.45, 2.75) is 13.8 Å². The summed E-state index contributed by atoms with van der Waals surface area (Å²) in [5.74, 6) is -0.533. The fourth-order valence-electron chi connectivity index (χ4n) is 1.63. The Morgan fingerprint density at radius 1 is 1.41 bits per heavy atom. The molecular formula is C12H12N2O3. The molecule has 0 unspecified atom stereocenters. The maximum Gasteiger partial charge on any atom is 0.338 e. The Kier molecular flexibility index (Phi) is 2.91. The zero-order chi connectivity index (χ0) is 12.4. The normalized spacial score (nSPS) is 10.5. The van der Waals surface area contributed by atoms with Crippen molar-refractivity contribution in [1.29, 1.82) is 0 Å². The van der Waals surface area contributed by atoms with Gasteiger partial charge in [0.1, 0.15) is 0 Å². The van der Waals surface area contributed by atoms with Crippen LogP contribution in [0.4, 0.5) is 0 Å². The van der Waals surface area contributed by atoms with Crippen LogP contribution >= 0.6 is 0 Å². The van der Waals surface area contributed by atoms with E-state index in [-0.39, 0.29) is 11.9 Å². The first-order chi connectivity index (χ1) is 8.13. The maximum atomic E-state index is 11.5. The second-order valence-electron chi connectivity index (χ2n) is 3.57. The molecule has 1 aromatic carbocycles. The third-order valence-corrected chi connectivity index (χ3v) is 2.38. The van der Waals surface area contributed by atoms with Crippen LogP contribution in [0.5, 0.6) is 0 Å². The highest BCUT2D eigenvalue weighted by atomic mass is 16.5. The number of benzene rings is 1. The van der Waals surface area contributed by atoms with Gasteiger partial charge in [-0.25, -0.2) is 9.48 Å². The first-order valence-corrected chi connectivity index (χ1v) is 5.29. The Bertz CT molecular complexity index is 586. The van der Waals surface area contributed by atoms with Gasteiger partial charge in [-0.3, -0.25) is 4.79 Å². The molecule has 1 aromatic heterocycles. The van der Waals surface area contributed by atoms with Crippen LogP contribution in [0.1, 0.15) is 29.0 Å². The number of aromatic nitrogens is 2. The number of rotatable bonds is 2. The van der Waals surface area contributed by atoms with E-state index in [9.17, 15) is 9.59 Å². The number of ether oxygens (including phenoxy) is 1. The van der Waals surface area contributed by atoms with Crippen molar-refractivity contribution in [3.8, 4) is 0 Å². The lowest BCUT2D eigenvalue weighted by atomic mass is 10.1. The summed E-state index contributed by atoms with van der Waals surface area (Å²) in [5.41, 5.74) is 1.15. The largest absolute Gasteiger partial charge is 0.462 e. The SMILES string of the molecule is CCOC(=O)c1ccc2c(cnn2C(C)=O)c1. The van der Waals surface area contributed by atoms with Crippen LogP contribution in [-0.2, 0) is 4.74 Å². The van der Waals surface area contributed by atoms with Gasteiger partial charge in [0, 0.05) is 12.3 Å². The molecule has 0 aliphatic rings. The molecule has 0 bridgehead atoms. The van der Waals surface area contributed by atoms with E-state index in [1.54, 1.807) is 31.3 Å². The lowest BCUT2D eigenvalue weighted by molar-refractivity contribution is 0.0526. The minimum atomic E-state index is -0.370. The molecule has 0 atom stereocenters. The predicted molar refractivity (Wildman–Crippen MR) is 62.0 cm³/mol. The molecule has 0 saturated carbocycles. The quantitative estimate of drug-likeness (QED) is 0.741. The Labute approximate surface area is 98.0 Å². The molecule has 0 aliphatic heterocycles. The van der Waals surface area contributed by atoms with Gasteiger partial charge < -0.3 is 4.74 Å². The molecule has 0 radical (unpaired) electrons. The Morgan fingerprint density at radius 3 is 2.82 bits per heavy atom. The van der Waals surface area contributed by atoms with Gasteiger partial charge in [-0.2, -0.15) is 5.10 Å². The van der Waals surface area contributed by atoms with Crippen molar-refractivity contribution < 1.29 is 14.3 Å². The van der Waals surface area contributed by atoms with Crippen LogP contribution in [0.15, 0.2) is 24.4 Å². The van der Waals surface area contributed by atoms with Gasteiger partial charge in [-0.15, -0.1) is 0 Å². The molecule has 2 rings (SSSR count). The summed E-state index contributed by atoms with van der Waals surface area (Å²) in [4.78, 5) is 22.8. The van der Waals surface area contributed by atoms with Gasteiger partial charge in [0.25, 0.3) is 0 Å². The number of hydrogen-bond donors (Lipinski definition) is 0. The van der Waals surface area contributed by atoms with Crippen molar-refractivity contribution in [2.75, 3.05) is 6.61 Å². The number of nitrogens with zero attached hydrogens (tertiary/aromatic N) is 2. The summed E-state index contributed by atoms with van der Waals surface area (Å²) in [7, 11) is 0. The predicted octanol–water partition coefficient (Wildman–Crippen LogP) is 1.87. The number of hydrogen-bond acceptors (Lipinski definition) is 4. The van der Waals surface area contributed by atoms with Gasteiger partial charge in [-0.05, 0) is 25.1 Å². The molecular weight excluding hydrogens is 220 g/mol. The molecule has 5 nitrogen and oxygen atoms in total. The number of carbonyl (C=O) groups is 2. The molecule has 1 heterocycles. The fourth-order valence-corrected chi connectivity index (χ4v) is 1.63. The number of fused-ring (bicyclic) bond motifs is 1. The standard InChI is InChI=1S/C12H12N2O3/c1-3-17-12(16)9-4-5-11-10(6-9)7-13-14(11)8(2)15/h4-7H,3H2,1-2H3. The van der Waals surface area contributed by atoms with Gasteiger partial charge in [0.05, 0.1) is 23.9 Å². The van der Waals surface area contributed by atoms with Crippen LogP contribution in [-0.4, -0.2) is 28.3 Å².